The third kappa shape index (κ3) is 6.65. The molecule has 1 saturated carbocycles. The van der Waals surface area contributed by atoms with Crippen LogP contribution >= 0.6 is 24.0 Å². The maximum atomic E-state index is 5.45. The van der Waals surface area contributed by atoms with Crippen molar-refractivity contribution >= 4 is 29.9 Å². The lowest BCUT2D eigenvalue weighted by Crippen LogP contribution is -2.57. The second kappa shape index (κ2) is 10.1. The average Bonchev–Trinajstić information content (AvgIpc) is 3.39. The van der Waals surface area contributed by atoms with Gasteiger partial charge in [-0.3, -0.25) is 14.8 Å². The molecule has 2 aliphatic rings. The van der Waals surface area contributed by atoms with Gasteiger partial charge in [-0.25, -0.2) is 0 Å². The molecule has 0 spiro atoms. The third-order valence-electron chi connectivity index (χ3n) is 5.16. The molecule has 7 heteroatoms. The van der Waals surface area contributed by atoms with Crippen LogP contribution in [-0.2, 0) is 4.74 Å². The molecule has 2 rings (SSSR count). The zero-order valence-electron chi connectivity index (χ0n) is 16.0. The Morgan fingerprint density at radius 2 is 1.92 bits per heavy atom. The van der Waals surface area contributed by atoms with Crippen molar-refractivity contribution in [3.8, 4) is 0 Å². The molecule has 0 amide bonds. The Balaban J connectivity index is 0.00000288. The topological polar surface area (TPSA) is 52.1 Å². The van der Waals surface area contributed by atoms with Gasteiger partial charge in [-0.2, -0.15) is 0 Å². The SMILES string of the molecule is CN=C(NCC(C)N(C)C1CC1)NCC(C)(C)N1CCOCC1.I. The summed E-state index contributed by atoms with van der Waals surface area (Å²) in [5, 5.41) is 6.95. The Labute approximate surface area is 164 Å². The fourth-order valence-corrected chi connectivity index (χ4v) is 3.03. The second-order valence-corrected chi connectivity index (χ2v) is 7.46. The number of nitrogens with one attached hydrogen (secondary N) is 2. The molecule has 1 heterocycles. The lowest BCUT2D eigenvalue weighted by Gasteiger charge is -2.41. The minimum absolute atomic E-state index is 0. The van der Waals surface area contributed by atoms with Gasteiger partial charge in [-0.15, -0.1) is 24.0 Å². The minimum atomic E-state index is 0. The molecule has 0 aromatic rings. The highest BCUT2D eigenvalue weighted by Crippen LogP contribution is 2.26. The van der Waals surface area contributed by atoms with Crippen molar-refractivity contribution in [2.45, 2.75) is 51.2 Å². The smallest absolute Gasteiger partial charge is 0.191 e. The van der Waals surface area contributed by atoms with Gasteiger partial charge in [-0.1, -0.05) is 0 Å². The summed E-state index contributed by atoms with van der Waals surface area (Å²) in [6.45, 7) is 12.3. The number of rotatable bonds is 7. The number of ether oxygens (including phenoxy) is 1. The van der Waals surface area contributed by atoms with E-state index in [2.05, 4.69) is 53.2 Å². The van der Waals surface area contributed by atoms with E-state index in [4.69, 9.17) is 4.74 Å². The maximum absolute atomic E-state index is 5.45. The molecule has 1 unspecified atom stereocenters. The minimum Gasteiger partial charge on any atom is -0.379 e. The first-order chi connectivity index (χ1) is 10.9. The van der Waals surface area contributed by atoms with Gasteiger partial charge in [0.1, 0.15) is 0 Å². The van der Waals surface area contributed by atoms with Gasteiger partial charge in [0.05, 0.1) is 13.2 Å². The molecule has 24 heavy (non-hydrogen) atoms. The van der Waals surface area contributed by atoms with Crippen molar-refractivity contribution < 1.29 is 4.74 Å². The van der Waals surface area contributed by atoms with Gasteiger partial charge >= 0.3 is 0 Å². The van der Waals surface area contributed by atoms with Crippen LogP contribution in [0.3, 0.4) is 0 Å². The van der Waals surface area contributed by atoms with Gasteiger partial charge < -0.3 is 15.4 Å². The Hall–Kier alpha value is -0.120. The molecule has 2 fully saturated rings. The van der Waals surface area contributed by atoms with E-state index < -0.39 is 0 Å². The summed E-state index contributed by atoms with van der Waals surface area (Å²) in [7, 11) is 4.06. The standard InChI is InChI=1S/C17H35N5O.HI/c1-14(21(5)15-6-7-15)12-19-16(18-4)20-13-17(2,3)22-8-10-23-11-9-22;/h14-15H,6-13H2,1-5H3,(H2,18,19,20);1H. The van der Waals surface area contributed by atoms with Crippen LogP contribution in [0.25, 0.3) is 0 Å². The molecular weight excluding hydrogens is 417 g/mol. The Morgan fingerprint density at radius 3 is 2.46 bits per heavy atom. The molecule has 1 aliphatic heterocycles. The van der Waals surface area contributed by atoms with E-state index in [0.717, 1.165) is 51.4 Å². The Kier molecular flexibility index (Phi) is 9.25. The van der Waals surface area contributed by atoms with Crippen molar-refractivity contribution in [2.75, 3.05) is 53.5 Å². The number of halogens is 1. The van der Waals surface area contributed by atoms with E-state index in [0.29, 0.717) is 6.04 Å². The molecule has 0 aromatic carbocycles. The summed E-state index contributed by atoms with van der Waals surface area (Å²) in [4.78, 5) is 9.32. The summed E-state index contributed by atoms with van der Waals surface area (Å²) >= 11 is 0. The molecule has 142 valence electrons. The fraction of sp³-hybridized carbons (Fsp3) is 0.941. The number of hydrogen-bond donors (Lipinski definition) is 2. The van der Waals surface area contributed by atoms with Crippen molar-refractivity contribution in [1.29, 1.82) is 0 Å². The highest BCUT2D eigenvalue weighted by molar-refractivity contribution is 14.0. The zero-order valence-corrected chi connectivity index (χ0v) is 18.3. The van der Waals surface area contributed by atoms with E-state index in [1.54, 1.807) is 0 Å². The predicted octanol–water partition coefficient (Wildman–Crippen LogP) is 1.36. The van der Waals surface area contributed by atoms with Crippen LogP contribution in [0.5, 0.6) is 0 Å². The zero-order chi connectivity index (χ0) is 16.9. The van der Waals surface area contributed by atoms with Gasteiger partial charge in [0.2, 0.25) is 0 Å². The highest BCUT2D eigenvalue weighted by Gasteiger charge is 2.30. The van der Waals surface area contributed by atoms with Crippen LogP contribution in [0.2, 0.25) is 0 Å². The third-order valence-corrected chi connectivity index (χ3v) is 5.16. The molecular formula is C17H36IN5O. The molecule has 0 aromatic heterocycles. The van der Waals surface area contributed by atoms with Crippen LogP contribution in [0, 0.1) is 0 Å². The number of hydrogen-bond acceptors (Lipinski definition) is 4. The van der Waals surface area contributed by atoms with Gasteiger partial charge in [0, 0.05) is 50.8 Å². The van der Waals surface area contributed by atoms with Crippen molar-refractivity contribution in [2.24, 2.45) is 4.99 Å². The normalized spacial score (nSPS) is 21.3. The van der Waals surface area contributed by atoms with Crippen LogP contribution in [-0.4, -0.2) is 86.9 Å². The van der Waals surface area contributed by atoms with Crippen LogP contribution in [0.1, 0.15) is 33.6 Å². The first-order valence-electron chi connectivity index (χ1n) is 8.93. The largest absolute Gasteiger partial charge is 0.379 e. The summed E-state index contributed by atoms with van der Waals surface area (Å²) in [6, 6.07) is 1.32. The fourth-order valence-electron chi connectivity index (χ4n) is 3.03. The molecule has 0 bridgehead atoms. The first kappa shape index (κ1) is 21.9. The van der Waals surface area contributed by atoms with E-state index in [1.807, 2.05) is 7.05 Å². The molecule has 0 radical (unpaired) electrons. The molecule has 1 atom stereocenters. The lowest BCUT2D eigenvalue weighted by atomic mass is 10.0. The van der Waals surface area contributed by atoms with Crippen molar-refractivity contribution in [3.05, 3.63) is 0 Å². The predicted molar refractivity (Wildman–Crippen MR) is 111 cm³/mol. The Morgan fingerprint density at radius 1 is 1.29 bits per heavy atom. The number of morpholine rings is 1. The monoisotopic (exact) mass is 453 g/mol. The first-order valence-corrected chi connectivity index (χ1v) is 8.93. The van der Waals surface area contributed by atoms with Crippen molar-refractivity contribution in [1.82, 2.24) is 20.4 Å². The number of nitrogens with zero attached hydrogens (tertiary/aromatic N) is 3. The summed E-state index contributed by atoms with van der Waals surface area (Å²) < 4.78 is 5.45. The van der Waals surface area contributed by atoms with Gasteiger partial charge in [0.25, 0.3) is 0 Å². The highest BCUT2D eigenvalue weighted by atomic mass is 127. The number of likely N-dealkylation sites (N-methyl/N-ethyl adjacent to an activating group) is 1. The van der Waals surface area contributed by atoms with Crippen molar-refractivity contribution in [3.63, 3.8) is 0 Å². The average molecular weight is 453 g/mol. The lowest BCUT2D eigenvalue weighted by molar-refractivity contribution is -0.00834. The molecule has 1 saturated heterocycles. The summed E-state index contributed by atoms with van der Waals surface area (Å²) in [5.74, 6) is 0.891. The van der Waals surface area contributed by atoms with E-state index >= 15 is 0 Å². The van der Waals surface area contributed by atoms with Crippen LogP contribution in [0.15, 0.2) is 4.99 Å². The van der Waals surface area contributed by atoms with Gasteiger partial charge in [-0.05, 0) is 40.7 Å². The molecule has 6 nitrogen and oxygen atoms in total. The Bertz CT molecular complexity index is 394. The van der Waals surface area contributed by atoms with E-state index in [-0.39, 0.29) is 29.5 Å². The quantitative estimate of drug-likeness (QED) is 0.347. The second-order valence-electron chi connectivity index (χ2n) is 7.46. The van der Waals surface area contributed by atoms with E-state index in [1.165, 1.54) is 12.8 Å². The molecule has 2 N–H and O–H groups in total. The summed E-state index contributed by atoms with van der Waals surface area (Å²) in [5.41, 5.74) is 0.0951. The number of guanidine groups is 1. The van der Waals surface area contributed by atoms with Crippen LogP contribution < -0.4 is 10.6 Å². The number of aliphatic imine (C=N–C) groups is 1. The van der Waals surface area contributed by atoms with E-state index in [9.17, 15) is 0 Å². The van der Waals surface area contributed by atoms with Gasteiger partial charge in [0.15, 0.2) is 5.96 Å². The summed E-state index contributed by atoms with van der Waals surface area (Å²) in [6.07, 6.45) is 2.70. The molecule has 1 aliphatic carbocycles. The van der Waals surface area contributed by atoms with Crippen LogP contribution in [0.4, 0.5) is 0 Å². The maximum Gasteiger partial charge on any atom is 0.191 e.